The lowest BCUT2D eigenvalue weighted by Crippen LogP contribution is -2.23. The highest BCUT2D eigenvalue weighted by molar-refractivity contribution is 5.75. The van der Waals surface area contributed by atoms with Crippen molar-refractivity contribution in [3.05, 3.63) is 41.8 Å². The largest absolute Gasteiger partial charge is 0.481 e. The van der Waals surface area contributed by atoms with E-state index in [4.69, 9.17) is 4.42 Å². The molecule has 1 aromatic carbocycles. The predicted molar refractivity (Wildman–Crippen MR) is 75.6 cm³/mol. The van der Waals surface area contributed by atoms with Crippen LogP contribution >= 0.6 is 0 Å². The quantitative estimate of drug-likeness (QED) is 0.867. The number of hydrogen-bond donors (Lipinski definition) is 1. The maximum atomic E-state index is 11.4. The van der Waals surface area contributed by atoms with E-state index in [2.05, 4.69) is 11.9 Å². The summed E-state index contributed by atoms with van der Waals surface area (Å²) in [6.45, 7) is 2.09. The molecule has 2 unspecified atom stereocenters. The number of allylic oxidation sites excluding steroid dienone is 2. The van der Waals surface area contributed by atoms with Gasteiger partial charge in [-0.25, -0.2) is 4.98 Å². The second-order valence-corrected chi connectivity index (χ2v) is 5.20. The van der Waals surface area contributed by atoms with Crippen LogP contribution in [0.1, 0.15) is 37.1 Å². The van der Waals surface area contributed by atoms with Crippen LogP contribution in [0.5, 0.6) is 0 Å². The average molecular weight is 271 g/mol. The molecule has 4 heteroatoms. The summed E-state index contributed by atoms with van der Waals surface area (Å²) in [5.41, 5.74) is 2.75. The highest BCUT2D eigenvalue weighted by atomic mass is 16.4. The van der Waals surface area contributed by atoms with Crippen molar-refractivity contribution in [2.45, 2.75) is 32.1 Å². The van der Waals surface area contributed by atoms with E-state index < -0.39 is 11.9 Å². The standard InChI is InChI=1S/C16H17NO3/c1-2-10-7-8-14-13(9-10)17-15(20-14)11-5-3-4-6-12(11)16(18)19/h3-4,7-9,11-12H,2,5-6H2,1H3,(H,18,19). The maximum absolute atomic E-state index is 11.4. The number of rotatable bonds is 3. The van der Waals surface area contributed by atoms with Gasteiger partial charge in [0.2, 0.25) is 0 Å². The minimum atomic E-state index is -0.782. The first-order valence-corrected chi connectivity index (χ1v) is 6.96. The first kappa shape index (κ1) is 12.9. The number of fused-ring (bicyclic) bond motifs is 1. The lowest BCUT2D eigenvalue weighted by atomic mass is 9.83. The minimum absolute atomic E-state index is 0.171. The van der Waals surface area contributed by atoms with Gasteiger partial charge < -0.3 is 9.52 Å². The van der Waals surface area contributed by atoms with Gasteiger partial charge in [-0.3, -0.25) is 4.79 Å². The molecule has 2 aromatic rings. The van der Waals surface area contributed by atoms with Crippen LogP contribution < -0.4 is 0 Å². The number of hydrogen-bond acceptors (Lipinski definition) is 3. The summed E-state index contributed by atoms with van der Waals surface area (Å²) in [6, 6.07) is 5.95. The zero-order chi connectivity index (χ0) is 14.1. The molecule has 3 rings (SSSR count). The van der Waals surface area contributed by atoms with Gasteiger partial charge in [0.05, 0.1) is 11.8 Å². The molecular formula is C16H17NO3. The van der Waals surface area contributed by atoms with Gasteiger partial charge in [-0.05, 0) is 37.0 Å². The third-order valence-corrected chi connectivity index (χ3v) is 3.94. The summed E-state index contributed by atoms with van der Waals surface area (Å²) < 4.78 is 5.78. The normalized spacial score (nSPS) is 22.2. The fourth-order valence-corrected chi connectivity index (χ4v) is 2.73. The van der Waals surface area contributed by atoms with Gasteiger partial charge in [0.15, 0.2) is 11.5 Å². The lowest BCUT2D eigenvalue weighted by Gasteiger charge is -2.21. The second kappa shape index (κ2) is 5.12. The molecule has 104 valence electrons. The fourth-order valence-electron chi connectivity index (χ4n) is 2.73. The van der Waals surface area contributed by atoms with Gasteiger partial charge in [0, 0.05) is 0 Å². The third-order valence-electron chi connectivity index (χ3n) is 3.94. The van der Waals surface area contributed by atoms with Crippen molar-refractivity contribution >= 4 is 17.1 Å². The topological polar surface area (TPSA) is 63.3 Å². The van der Waals surface area contributed by atoms with Crippen molar-refractivity contribution in [3.63, 3.8) is 0 Å². The Hall–Kier alpha value is -2.10. The summed E-state index contributed by atoms with van der Waals surface area (Å²) in [4.78, 5) is 15.9. The SMILES string of the molecule is CCc1ccc2oc(C3CC=CCC3C(=O)O)nc2c1. The monoisotopic (exact) mass is 271 g/mol. The van der Waals surface area contributed by atoms with Crippen LogP contribution in [0.25, 0.3) is 11.1 Å². The number of aliphatic carboxylic acids is 1. The number of oxazole rings is 1. The van der Waals surface area contributed by atoms with Gasteiger partial charge in [0.1, 0.15) is 5.52 Å². The molecular weight excluding hydrogens is 254 g/mol. The Morgan fingerprint density at radius 2 is 2.20 bits per heavy atom. The molecule has 0 saturated carbocycles. The Bertz CT molecular complexity index is 671. The van der Waals surface area contributed by atoms with Crippen LogP contribution in [0.2, 0.25) is 0 Å². The number of benzene rings is 1. The average Bonchev–Trinajstić information content (AvgIpc) is 2.89. The summed E-state index contributed by atoms with van der Waals surface area (Å²) in [5.74, 6) is -0.852. The summed E-state index contributed by atoms with van der Waals surface area (Å²) in [7, 11) is 0. The van der Waals surface area contributed by atoms with E-state index in [1.807, 2.05) is 30.4 Å². The number of aromatic nitrogens is 1. The fraction of sp³-hybridized carbons (Fsp3) is 0.375. The first-order valence-electron chi connectivity index (χ1n) is 6.96. The molecule has 0 amide bonds. The summed E-state index contributed by atoms with van der Waals surface area (Å²) in [5, 5.41) is 9.32. The zero-order valence-electron chi connectivity index (χ0n) is 11.4. The van der Waals surface area contributed by atoms with E-state index in [9.17, 15) is 9.90 Å². The number of aryl methyl sites for hydroxylation is 1. The van der Waals surface area contributed by atoms with Crippen LogP contribution in [-0.2, 0) is 11.2 Å². The van der Waals surface area contributed by atoms with Gasteiger partial charge in [-0.2, -0.15) is 0 Å². The molecule has 0 fully saturated rings. The van der Waals surface area contributed by atoms with Crippen molar-refractivity contribution < 1.29 is 14.3 Å². The molecule has 0 saturated heterocycles. The number of carboxylic acids is 1. The third kappa shape index (κ3) is 2.22. The Morgan fingerprint density at radius 3 is 2.95 bits per heavy atom. The molecule has 20 heavy (non-hydrogen) atoms. The highest BCUT2D eigenvalue weighted by Gasteiger charge is 2.33. The number of nitrogens with zero attached hydrogens (tertiary/aromatic N) is 1. The number of carboxylic acid groups (broad SMARTS) is 1. The zero-order valence-corrected chi connectivity index (χ0v) is 11.4. The smallest absolute Gasteiger partial charge is 0.307 e. The van der Waals surface area contributed by atoms with Crippen LogP contribution in [0.3, 0.4) is 0 Å². The maximum Gasteiger partial charge on any atom is 0.307 e. The number of carbonyl (C=O) groups is 1. The highest BCUT2D eigenvalue weighted by Crippen LogP contribution is 2.35. The van der Waals surface area contributed by atoms with Gasteiger partial charge in [0.25, 0.3) is 0 Å². The molecule has 1 heterocycles. The first-order chi connectivity index (χ1) is 9.69. The van der Waals surface area contributed by atoms with Crippen LogP contribution in [0, 0.1) is 5.92 Å². The van der Waals surface area contributed by atoms with E-state index >= 15 is 0 Å². The van der Waals surface area contributed by atoms with Gasteiger partial charge >= 0.3 is 5.97 Å². The van der Waals surface area contributed by atoms with E-state index in [0.717, 1.165) is 17.5 Å². The van der Waals surface area contributed by atoms with Crippen LogP contribution in [-0.4, -0.2) is 16.1 Å². The van der Waals surface area contributed by atoms with Gasteiger partial charge in [-0.15, -0.1) is 0 Å². The van der Waals surface area contributed by atoms with Crippen molar-refractivity contribution in [3.8, 4) is 0 Å². The lowest BCUT2D eigenvalue weighted by molar-refractivity contribution is -0.142. The molecule has 0 spiro atoms. The Kier molecular flexibility index (Phi) is 3.30. The van der Waals surface area contributed by atoms with Gasteiger partial charge in [-0.1, -0.05) is 25.1 Å². The van der Waals surface area contributed by atoms with E-state index in [1.165, 1.54) is 5.56 Å². The molecule has 0 radical (unpaired) electrons. The summed E-state index contributed by atoms with van der Waals surface area (Å²) >= 11 is 0. The Labute approximate surface area is 117 Å². The molecule has 0 bridgehead atoms. The van der Waals surface area contributed by atoms with Crippen molar-refractivity contribution in [1.29, 1.82) is 0 Å². The molecule has 1 aromatic heterocycles. The second-order valence-electron chi connectivity index (χ2n) is 5.20. The van der Waals surface area contributed by atoms with E-state index in [0.29, 0.717) is 18.7 Å². The Balaban J connectivity index is 2.00. The Morgan fingerprint density at radius 1 is 1.40 bits per heavy atom. The molecule has 1 aliphatic rings. The van der Waals surface area contributed by atoms with E-state index in [-0.39, 0.29) is 5.92 Å². The molecule has 4 nitrogen and oxygen atoms in total. The molecule has 1 N–H and O–H groups in total. The molecule has 2 atom stereocenters. The van der Waals surface area contributed by atoms with Crippen molar-refractivity contribution in [2.75, 3.05) is 0 Å². The molecule has 0 aliphatic heterocycles. The van der Waals surface area contributed by atoms with Crippen LogP contribution in [0.4, 0.5) is 0 Å². The van der Waals surface area contributed by atoms with Crippen molar-refractivity contribution in [1.82, 2.24) is 4.98 Å². The van der Waals surface area contributed by atoms with Crippen LogP contribution in [0.15, 0.2) is 34.8 Å². The van der Waals surface area contributed by atoms with Crippen molar-refractivity contribution in [2.24, 2.45) is 5.92 Å². The minimum Gasteiger partial charge on any atom is -0.481 e. The van der Waals surface area contributed by atoms with E-state index in [1.54, 1.807) is 0 Å². The molecule has 1 aliphatic carbocycles. The summed E-state index contributed by atoms with van der Waals surface area (Å²) in [6.07, 6.45) is 6.09. The predicted octanol–water partition coefficient (Wildman–Crippen LogP) is 3.52.